The van der Waals surface area contributed by atoms with Gasteiger partial charge in [-0.15, -0.1) is 0 Å². The van der Waals surface area contributed by atoms with Crippen molar-refractivity contribution in [2.45, 2.75) is 46.6 Å². The van der Waals surface area contributed by atoms with Gasteiger partial charge in [0.2, 0.25) is 16.0 Å². The largest absolute Gasteiger partial charge is 0.340 e. The number of carbonyl (C=O) groups is 1. The van der Waals surface area contributed by atoms with E-state index in [-0.39, 0.29) is 36.0 Å². The molecular weight excluding hydrogens is 460 g/mol. The van der Waals surface area contributed by atoms with Gasteiger partial charge in [-0.2, -0.15) is 9.29 Å². The molecule has 5 rings (SSSR count). The van der Waals surface area contributed by atoms with Crippen molar-refractivity contribution in [1.82, 2.24) is 23.4 Å². The van der Waals surface area contributed by atoms with Crippen molar-refractivity contribution < 1.29 is 13.2 Å². The molecule has 3 aliphatic rings. The minimum absolute atomic E-state index is 0.100. The maximum atomic E-state index is 13.4. The van der Waals surface area contributed by atoms with Crippen LogP contribution < -0.4 is 16.1 Å². The van der Waals surface area contributed by atoms with Crippen molar-refractivity contribution in [2.75, 3.05) is 36.8 Å². The van der Waals surface area contributed by atoms with Crippen LogP contribution in [0.5, 0.6) is 0 Å². The topological polar surface area (TPSA) is 130 Å². The number of H-pyrrole nitrogens is 1. The maximum absolute atomic E-state index is 13.4. The average molecular weight is 493 g/mol. The standard InChI is InChI=1S/C22H32N6O5S/c1-5-28-16-17(25(4)20(31)24-18(16)30)23-19(28)26-8-10-27(11-9-26)34(32,33)13-22-7-6-14(12-15(22)29)21(22,2)3/h14H,5-13H2,1-4H3,(H,24,30,31)/t14-,22+/m1/s1. The van der Waals surface area contributed by atoms with Crippen LogP contribution in [0.25, 0.3) is 11.2 Å². The molecule has 1 saturated heterocycles. The molecule has 2 aliphatic carbocycles. The number of anilines is 1. The monoisotopic (exact) mass is 492 g/mol. The summed E-state index contributed by atoms with van der Waals surface area (Å²) in [6.45, 7) is 7.83. The summed E-state index contributed by atoms with van der Waals surface area (Å²) in [6.07, 6.45) is 2.05. The molecule has 0 aromatic carbocycles. The molecule has 34 heavy (non-hydrogen) atoms. The third-order valence-corrected chi connectivity index (χ3v) is 10.8. The van der Waals surface area contributed by atoms with Gasteiger partial charge < -0.3 is 9.47 Å². The molecule has 2 saturated carbocycles. The van der Waals surface area contributed by atoms with Crippen LogP contribution in [0.2, 0.25) is 0 Å². The van der Waals surface area contributed by atoms with E-state index in [0.29, 0.717) is 49.6 Å². The number of fused-ring (bicyclic) bond motifs is 3. The van der Waals surface area contributed by atoms with Crippen LogP contribution in [0.1, 0.15) is 40.0 Å². The molecule has 3 fully saturated rings. The van der Waals surface area contributed by atoms with Gasteiger partial charge in [-0.3, -0.25) is 19.1 Å². The smallest absolute Gasteiger partial charge is 0.329 e. The molecule has 0 radical (unpaired) electrons. The predicted molar refractivity (Wildman–Crippen MR) is 127 cm³/mol. The number of hydrogen-bond acceptors (Lipinski definition) is 7. The van der Waals surface area contributed by atoms with Crippen molar-refractivity contribution in [3.63, 3.8) is 0 Å². The third kappa shape index (κ3) is 3.07. The fourth-order valence-corrected chi connectivity index (χ4v) is 8.64. The lowest BCUT2D eigenvalue weighted by atomic mass is 9.70. The van der Waals surface area contributed by atoms with E-state index in [1.807, 2.05) is 25.7 Å². The highest BCUT2D eigenvalue weighted by atomic mass is 32.2. The Morgan fingerprint density at radius 1 is 1.12 bits per heavy atom. The Balaban J connectivity index is 1.38. The van der Waals surface area contributed by atoms with E-state index in [0.717, 1.165) is 6.42 Å². The first-order valence-electron chi connectivity index (χ1n) is 11.9. The van der Waals surface area contributed by atoms with Gasteiger partial charge in [0, 0.05) is 51.6 Å². The summed E-state index contributed by atoms with van der Waals surface area (Å²) >= 11 is 0. The molecule has 0 spiro atoms. The van der Waals surface area contributed by atoms with Gasteiger partial charge in [-0.05, 0) is 31.1 Å². The number of aryl methyl sites for hydroxylation is 2. The zero-order valence-corrected chi connectivity index (χ0v) is 20.9. The first kappa shape index (κ1) is 23.3. The van der Waals surface area contributed by atoms with Gasteiger partial charge in [-0.1, -0.05) is 13.8 Å². The summed E-state index contributed by atoms with van der Waals surface area (Å²) in [7, 11) is -2.07. The van der Waals surface area contributed by atoms with Gasteiger partial charge in [0.05, 0.1) is 5.75 Å². The average Bonchev–Trinajstić information content (AvgIpc) is 3.34. The van der Waals surface area contributed by atoms with Crippen molar-refractivity contribution in [3.8, 4) is 0 Å². The number of ketones is 1. The third-order valence-electron chi connectivity index (χ3n) is 8.79. The van der Waals surface area contributed by atoms with Gasteiger partial charge in [-0.25, -0.2) is 13.2 Å². The van der Waals surface area contributed by atoms with Gasteiger partial charge in [0.15, 0.2) is 11.2 Å². The Kier molecular flexibility index (Phi) is 5.14. The van der Waals surface area contributed by atoms with Gasteiger partial charge >= 0.3 is 5.69 Å². The fourth-order valence-electron chi connectivity index (χ4n) is 6.44. The van der Waals surface area contributed by atoms with Crippen LogP contribution >= 0.6 is 0 Å². The molecule has 186 valence electrons. The highest BCUT2D eigenvalue weighted by molar-refractivity contribution is 7.89. The summed E-state index contributed by atoms with van der Waals surface area (Å²) < 4.78 is 31.4. The Morgan fingerprint density at radius 3 is 2.35 bits per heavy atom. The molecule has 11 nitrogen and oxygen atoms in total. The quantitative estimate of drug-likeness (QED) is 0.635. The number of rotatable bonds is 5. The van der Waals surface area contributed by atoms with Gasteiger partial charge in [0.25, 0.3) is 5.56 Å². The molecule has 12 heteroatoms. The second-order valence-corrected chi connectivity index (χ2v) is 12.4. The number of Topliss-reactive ketones (excluding diaryl/α,β-unsaturated/α-hetero) is 1. The number of sulfonamides is 1. The molecule has 1 N–H and O–H groups in total. The van der Waals surface area contributed by atoms with Crippen molar-refractivity contribution in [3.05, 3.63) is 20.8 Å². The van der Waals surface area contributed by atoms with Gasteiger partial charge in [0.1, 0.15) is 5.78 Å². The summed E-state index contributed by atoms with van der Waals surface area (Å²) in [4.78, 5) is 46.2. The molecular formula is C22H32N6O5S. The number of aromatic nitrogens is 4. The highest BCUT2D eigenvalue weighted by Crippen LogP contribution is 2.64. The maximum Gasteiger partial charge on any atom is 0.329 e. The van der Waals surface area contributed by atoms with E-state index < -0.39 is 26.7 Å². The normalized spacial score (nSPS) is 27.2. The second-order valence-electron chi connectivity index (χ2n) is 10.5. The van der Waals surface area contributed by atoms with E-state index in [4.69, 9.17) is 0 Å². The molecule has 3 heterocycles. The van der Waals surface area contributed by atoms with E-state index in [2.05, 4.69) is 9.97 Å². The van der Waals surface area contributed by atoms with Crippen molar-refractivity contribution in [2.24, 2.45) is 23.8 Å². The number of nitrogens with one attached hydrogen (secondary N) is 1. The SMILES string of the molecule is CCn1c(N2CCN(S(=O)(=O)C[C@@]34CC[C@H](CC3=O)C4(C)C)CC2)nc2c1c(=O)[nH]c(=O)n2C. The Hall–Kier alpha value is -2.47. The van der Waals surface area contributed by atoms with Crippen LogP contribution in [-0.2, 0) is 28.4 Å². The summed E-state index contributed by atoms with van der Waals surface area (Å²) in [6, 6.07) is 0. The van der Waals surface area contributed by atoms with Crippen molar-refractivity contribution in [1.29, 1.82) is 0 Å². The Labute approximate surface area is 197 Å². The Morgan fingerprint density at radius 2 is 1.79 bits per heavy atom. The second kappa shape index (κ2) is 7.51. The molecule has 2 bridgehead atoms. The number of piperazine rings is 1. The molecule has 2 atom stereocenters. The first-order chi connectivity index (χ1) is 15.9. The number of hydrogen-bond donors (Lipinski definition) is 1. The van der Waals surface area contributed by atoms with E-state index in [9.17, 15) is 22.8 Å². The lowest BCUT2D eigenvalue weighted by Crippen LogP contribution is -2.53. The number of imidazole rings is 1. The highest BCUT2D eigenvalue weighted by Gasteiger charge is 2.65. The zero-order valence-electron chi connectivity index (χ0n) is 20.1. The first-order valence-corrected chi connectivity index (χ1v) is 13.5. The lowest BCUT2D eigenvalue weighted by Gasteiger charge is -2.40. The number of carbonyl (C=O) groups excluding carboxylic acids is 1. The molecule has 2 aromatic heterocycles. The summed E-state index contributed by atoms with van der Waals surface area (Å²) in [5.74, 6) is 0.801. The molecule has 2 aromatic rings. The molecule has 0 amide bonds. The van der Waals surface area contributed by atoms with E-state index in [1.165, 1.54) is 8.87 Å². The number of nitrogens with zero attached hydrogens (tertiary/aromatic N) is 5. The summed E-state index contributed by atoms with van der Waals surface area (Å²) in [5, 5.41) is 0. The predicted octanol–water partition coefficient (Wildman–Crippen LogP) is 0.290. The van der Waals surface area contributed by atoms with Crippen LogP contribution in [0.4, 0.5) is 5.95 Å². The lowest BCUT2D eigenvalue weighted by molar-refractivity contribution is -0.128. The fraction of sp³-hybridized carbons (Fsp3) is 0.727. The Bertz CT molecular complexity index is 1400. The molecule has 0 unspecified atom stereocenters. The molecule has 1 aliphatic heterocycles. The van der Waals surface area contributed by atoms with E-state index >= 15 is 0 Å². The zero-order chi connectivity index (χ0) is 24.6. The minimum atomic E-state index is -3.62. The van der Waals surface area contributed by atoms with Crippen LogP contribution in [0.3, 0.4) is 0 Å². The summed E-state index contributed by atoms with van der Waals surface area (Å²) in [5.41, 5.74) is -1.47. The number of aromatic amines is 1. The van der Waals surface area contributed by atoms with Crippen LogP contribution in [0.15, 0.2) is 9.59 Å². The van der Waals surface area contributed by atoms with Crippen LogP contribution in [-0.4, -0.2) is 69.5 Å². The minimum Gasteiger partial charge on any atom is -0.340 e. The van der Waals surface area contributed by atoms with E-state index in [1.54, 1.807) is 11.6 Å². The van der Waals surface area contributed by atoms with Crippen LogP contribution in [0, 0.1) is 16.7 Å². The van der Waals surface area contributed by atoms with Crippen molar-refractivity contribution >= 4 is 32.9 Å².